The topological polar surface area (TPSA) is 108 Å². The largest absolute Gasteiger partial charge is 0.459 e. The second-order valence-corrected chi connectivity index (χ2v) is 10.2. The lowest BCUT2D eigenvalue weighted by atomic mass is 9.98. The number of aromatic amines is 1. The van der Waals surface area contributed by atoms with Crippen LogP contribution in [-0.4, -0.2) is 76.2 Å². The van der Waals surface area contributed by atoms with Crippen LogP contribution in [0, 0.1) is 12.8 Å². The van der Waals surface area contributed by atoms with Gasteiger partial charge in [-0.05, 0) is 56.6 Å². The summed E-state index contributed by atoms with van der Waals surface area (Å²) < 4.78 is 5.60. The van der Waals surface area contributed by atoms with Gasteiger partial charge in [-0.25, -0.2) is 4.98 Å². The molecule has 9 nitrogen and oxygen atoms in total. The van der Waals surface area contributed by atoms with Gasteiger partial charge in [0.2, 0.25) is 0 Å². The van der Waals surface area contributed by atoms with E-state index in [4.69, 9.17) is 4.74 Å². The van der Waals surface area contributed by atoms with E-state index in [1.54, 1.807) is 6.33 Å². The van der Waals surface area contributed by atoms with Crippen molar-refractivity contribution in [1.82, 2.24) is 30.2 Å². The molecule has 9 heteroatoms. The first-order valence-electron chi connectivity index (χ1n) is 13.4. The number of hydrogen-bond acceptors (Lipinski definition) is 8. The number of imidazole rings is 1. The minimum Gasteiger partial charge on any atom is -0.459 e. The molecule has 2 saturated heterocycles. The number of likely N-dealkylation sites (tertiary alicyclic amines) is 1. The van der Waals surface area contributed by atoms with Crippen LogP contribution in [0.1, 0.15) is 18.5 Å². The number of nitrogens with zero attached hydrogens (tertiary/aromatic N) is 4. The van der Waals surface area contributed by atoms with Crippen LogP contribution in [0.3, 0.4) is 0 Å². The fourth-order valence-corrected chi connectivity index (χ4v) is 5.18. The van der Waals surface area contributed by atoms with Crippen LogP contribution in [0.4, 0.5) is 5.69 Å². The number of ether oxygens (including phenoxy) is 1. The van der Waals surface area contributed by atoms with Crippen LogP contribution in [0.5, 0.6) is 0 Å². The molecule has 0 aliphatic carbocycles. The third kappa shape index (κ3) is 5.39. The van der Waals surface area contributed by atoms with Gasteiger partial charge in [-0.2, -0.15) is 0 Å². The summed E-state index contributed by atoms with van der Waals surface area (Å²) in [6.45, 7) is 6.97. The van der Waals surface area contributed by atoms with Crippen molar-refractivity contribution in [1.29, 1.82) is 0 Å². The normalized spacial score (nSPS) is 18.3. The number of aromatic nitrogens is 4. The van der Waals surface area contributed by atoms with E-state index in [0.29, 0.717) is 0 Å². The average molecular weight is 512 g/mol. The fourth-order valence-electron chi connectivity index (χ4n) is 5.18. The monoisotopic (exact) mass is 511 g/mol. The molecular formula is C29H33N7O2. The third-order valence-corrected chi connectivity index (χ3v) is 7.36. The lowest BCUT2D eigenvalue weighted by Gasteiger charge is -2.34. The number of carbonyl (C=O) groups excluding carboxylic acids is 1. The molecule has 2 fully saturated rings. The predicted molar refractivity (Wildman–Crippen MR) is 148 cm³/mol. The Labute approximate surface area is 222 Å². The summed E-state index contributed by atoms with van der Waals surface area (Å²) in [5.41, 5.74) is 6.54. The molecule has 4 aromatic rings. The number of anilines is 1. The van der Waals surface area contributed by atoms with Gasteiger partial charge in [-0.1, -0.05) is 12.1 Å². The Morgan fingerprint density at radius 1 is 1.18 bits per heavy atom. The van der Waals surface area contributed by atoms with E-state index < -0.39 is 0 Å². The van der Waals surface area contributed by atoms with Gasteiger partial charge in [0, 0.05) is 49.4 Å². The number of H-pyrrole nitrogens is 1. The van der Waals surface area contributed by atoms with Gasteiger partial charge < -0.3 is 25.3 Å². The second kappa shape index (κ2) is 10.9. The number of hydrogen-bond donors (Lipinski definition) is 3. The van der Waals surface area contributed by atoms with Crippen LogP contribution in [0.2, 0.25) is 0 Å². The highest BCUT2D eigenvalue weighted by molar-refractivity contribution is 5.88. The number of fused-ring (bicyclic) bond motifs is 1. The molecular weight excluding hydrogens is 478 g/mol. The van der Waals surface area contributed by atoms with Crippen LogP contribution in [-0.2, 0) is 9.53 Å². The van der Waals surface area contributed by atoms with Gasteiger partial charge >= 0.3 is 5.97 Å². The quantitative estimate of drug-likeness (QED) is 0.308. The molecule has 2 aliphatic rings. The summed E-state index contributed by atoms with van der Waals surface area (Å²) in [5, 5.41) is 7.71. The highest BCUT2D eigenvalue weighted by Gasteiger charge is 2.30. The van der Waals surface area contributed by atoms with Crippen molar-refractivity contribution in [2.45, 2.75) is 25.9 Å². The van der Waals surface area contributed by atoms with Gasteiger partial charge in [-0.3, -0.25) is 14.8 Å². The minimum absolute atomic E-state index is 0.0213. The zero-order chi connectivity index (χ0) is 25.9. The number of rotatable bonds is 8. The number of nitrogens with one attached hydrogen (secondary N) is 3. The maximum atomic E-state index is 12.5. The van der Waals surface area contributed by atoms with Crippen molar-refractivity contribution in [3.63, 3.8) is 0 Å². The van der Waals surface area contributed by atoms with Crippen LogP contribution in [0.25, 0.3) is 33.5 Å². The molecule has 3 N–H and O–H groups in total. The number of piperidine rings is 1. The van der Waals surface area contributed by atoms with Crippen LogP contribution in [0.15, 0.2) is 55.0 Å². The molecule has 0 bridgehead atoms. The second-order valence-electron chi connectivity index (χ2n) is 10.2. The molecule has 1 aromatic carbocycles. The lowest BCUT2D eigenvalue weighted by Crippen LogP contribution is -2.51. The van der Waals surface area contributed by atoms with Crippen molar-refractivity contribution < 1.29 is 9.53 Å². The Balaban J connectivity index is 1.10. The van der Waals surface area contributed by atoms with Crippen molar-refractivity contribution >= 4 is 22.6 Å². The fraction of sp³-hybridized carbons (Fsp3) is 0.379. The molecule has 5 heterocycles. The highest BCUT2D eigenvalue weighted by atomic mass is 16.5. The minimum atomic E-state index is -0.0399. The molecule has 1 atom stereocenters. The molecule has 38 heavy (non-hydrogen) atoms. The standard InChI is InChI=1S/C29H33N7O2/c1-19-4-2-6-26(35-19)28-27(33-18-34-28)20-7-8-25-22(12-20)13-23(14-32-25)31-9-11-36-10-3-5-21(17-36)29(37)38-24-15-30-16-24/h2,4,6-8,12-14,18,21,24,30-31H,3,5,9-11,15-17H2,1H3,(H,33,34). The molecule has 6 rings (SSSR count). The van der Waals surface area contributed by atoms with E-state index >= 15 is 0 Å². The molecule has 0 spiro atoms. The molecule has 0 amide bonds. The number of carbonyl (C=O) groups is 1. The van der Waals surface area contributed by atoms with E-state index in [2.05, 4.69) is 53.7 Å². The maximum absolute atomic E-state index is 12.5. The average Bonchev–Trinajstić information content (AvgIpc) is 3.41. The third-order valence-electron chi connectivity index (χ3n) is 7.36. The summed E-state index contributed by atoms with van der Waals surface area (Å²) in [5.74, 6) is -0.0611. The van der Waals surface area contributed by atoms with Gasteiger partial charge in [0.05, 0.1) is 46.7 Å². The number of esters is 1. The Morgan fingerprint density at radius 3 is 2.95 bits per heavy atom. The summed E-state index contributed by atoms with van der Waals surface area (Å²) >= 11 is 0. The zero-order valence-electron chi connectivity index (χ0n) is 21.6. The van der Waals surface area contributed by atoms with Gasteiger partial charge in [0.15, 0.2) is 0 Å². The van der Waals surface area contributed by atoms with E-state index in [-0.39, 0.29) is 18.0 Å². The first-order valence-corrected chi connectivity index (χ1v) is 13.4. The summed E-state index contributed by atoms with van der Waals surface area (Å²) in [6, 6.07) is 14.3. The summed E-state index contributed by atoms with van der Waals surface area (Å²) in [7, 11) is 0. The van der Waals surface area contributed by atoms with E-state index in [9.17, 15) is 4.79 Å². The lowest BCUT2D eigenvalue weighted by molar-refractivity contribution is -0.158. The van der Waals surface area contributed by atoms with Gasteiger partial charge in [0.25, 0.3) is 0 Å². The molecule has 0 saturated carbocycles. The predicted octanol–water partition coefficient (Wildman–Crippen LogP) is 3.63. The van der Waals surface area contributed by atoms with Gasteiger partial charge in [-0.15, -0.1) is 0 Å². The maximum Gasteiger partial charge on any atom is 0.310 e. The Kier molecular flexibility index (Phi) is 7.02. The summed E-state index contributed by atoms with van der Waals surface area (Å²) in [4.78, 5) is 32.0. The first kappa shape index (κ1) is 24.5. The number of aryl methyl sites for hydroxylation is 1. The van der Waals surface area contributed by atoms with Gasteiger partial charge in [0.1, 0.15) is 6.10 Å². The van der Waals surface area contributed by atoms with E-state index in [0.717, 1.165) is 97.0 Å². The first-order chi connectivity index (χ1) is 18.6. The smallest absolute Gasteiger partial charge is 0.310 e. The Morgan fingerprint density at radius 2 is 2.11 bits per heavy atom. The van der Waals surface area contributed by atoms with E-state index in [1.807, 2.05) is 37.4 Å². The molecule has 0 radical (unpaired) electrons. The van der Waals surface area contributed by atoms with Crippen molar-refractivity contribution in [2.75, 3.05) is 44.6 Å². The van der Waals surface area contributed by atoms with Crippen LogP contribution < -0.4 is 10.6 Å². The number of benzene rings is 1. The van der Waals surface area contributed by atoms with E-state index in [1.165, 1.54) is 0 Å². The Bertz CT molecular complexity index is 1430. The summed E-state index contributed by atoms with van der Waals surface area (Å²) in [6.07, 6.45) is 5.58. The van der Waals surface area contributed by atoms with Crippen molar-refractivity contribution in [2.24, 2.45) is 5.92 Å². The molecule has 2 aliphatic heterocycles. The van der Waals surface area contributed by atoms with Crippen LogP contribution >= 0.6 is 0 Å². The zero-order valence-corrected chi connectivity index (χ0v) is 21.6. The SMILES string of the molecule is Cc1cccc(-c2[nH]cnc2-c2ccc3ncc(NCCN4CCCC(C(=O)OC5CNC5)C4)cc3c2)n1. The van der Waals surface area contributed by atoms with Crippen molar-refractivity contribution in [3.8, 4) is 22.6 Å². The molecule has 196 valence electrons. The molecule has 3 aromatic heterocycles. The van der Waals surface area contributed by atoms with Crippen molar-refractivity contribution in [3.05, 3.63) is 60.7 Å². The molecule has 1 unspecified atom stereocenters. The highest BCUT2D eigenvalue weighted by Crippen LogP contribution is 2.30. The Hall–Kier alpha value is -3.82. The number of pyridine rings is 2.